The largest absolute Gasteiger partial charge is 0.378 e. The highest BCUT2D eigenvalue weighted by Gasteiger charge is 2.22. The molecule has 3 unspecified atom stereocenters. The van der Waals surface area contributed by atoms with E-state index in [-0.39, 0.29) is 0 Å². The van der Waals surface area contributed by atoms with Gasteiger partial charge in [-0.2, -0.15) is 0 Å². The molecule has 0 saturated carbocycles. The summed E-state index contributed by atoms with van der Waals surface area (Å²) in [7, 11) is 0. The Morgan fingerprint density at radius 1 is 1.32 bits per heavy atom. The summed E-state index contributed by atoms with van der Waals surface area (Å²) in [5, 5.41) is 3.77. The van der Waals surface area contributed by atoms with Crippen molar-refractivity contribution in [3.63, 3.8) is 0 Å². The number of rotatable bonds is 6. The minimum absolute atomic E-state index is 0.465. The zero-order chi connectivity index (χ0) is 13.5. The Bertz CT molecular complexity index is 352. The van der Waals surface area contributed by atoms with Crippen molar-refractivity contribution in [2.45, 2.75) is 64.1 Å². The molecule has 0 spiro atoms. The topological polar surface area (TPSA) is 21.3 Å². The third-order valence-electron chi connectivity index (χ3n) is 4.05. The molecule has 1 N–H and O–H groups in total. The van der Waals surface area contributed by atoms with Gasteiger partial charge in [-0.15, -0.1) is 0 Å². The molecule has 1 aromatic rings. The van der Waals surface area contributed by atoms with Gasteiger partial charge in [-0.05, 0) is 44.6 Å². The molecule has 0 bridgehead atoms. The van der Waals surface area contributed by atoms with Crippen molar-refractivity contribution < 1.29 is 4.74 Å². The Balaban J connectivity index is 1.70. The van der Waals surface area contributed by atoms with Gasteiger partial charge in [-0.3, -0.25) is 0 Å². The molecule has 0 radical (unpaired) electrons. The molecule has 2 rings (SSSR count). The lowest BCUT2D eigenvalue weighted by atomic mass is 9.99. The zero-order valence-electron chi connectivity index (χ0n) is 12.3. The van der Waals surface area contributed by atoms with E-state index < -0.39 is 0 Å². The number of hydrogen-bond donors (Lipinski definition) is 1. The fourth-order valence-electron chi connectivity index (χ4n) is 2.83. The number of benzene rings is 1. The Morgan fingerprint density at radius 2 is 2.11 bits per heavy atom. The summed E-state index contributed by atoms with van der Waals surface area (Å²) in [5.41, 5.74) is 1.44. The van der Waals surface area contributed by atoms with E-state index in [9.17, 15) is 0 Å². The number of nitrogens with one attached hydrogen (secondary N) is 1. The van der Waals surface area contributed by atoms with E-state index in [0.717, 1.165) is 25.9 Å². The van der Waals surface area contributed by atoms with Gasteiger partial charge in [0.05, 0.1) is 6.10 Å². The van der Waals surface area contributed by atoms with Crippen molar-refractivity contribution in [1.82, 2.24) is 5.32 Å². The lowest BCUT2D eigenvalue weighted by Crippen LogP contribution is -2.43. The minimum atomic E-state index is 0.465. The molecular weight excluding hydrogens is 234 g/mol. The van der Waals surface area contributed by atoms with Crippen LogP contribution in [0.3, 0.4) is 0 Å². The average molecular weight is 261 g/mol. The van der Waals surface area contributed by atoms with Crippen molar-refractivity contribution in [2.24, 2.45) is 0 Å². The molecule has 1 fully saturated rings. The summed E-state index contributed by atoms with van der Waals surface area (Å²) in [6, 6.07) is 12.0. The van der Waals surface area contributed by atoms with E-state index in [1.54, 1.807) is 0 Å². The quantitative estimate of drug-likeness (QED) is 0.845. The van der Waals surface area contributed by atoms with E-state index in [4.69, 9.17) is 4.74 Å². The van der Waals surface area contributed by atoms with Crippen molar-refractivity contribution in [3.8, 4) is 0 Å². The van der Waals surface area contributed by atoms with Gasteiger partial charge in [-0.1, -0.05) is 37.3 Å². The van der Waals surface area contributed by atoms with Crippen molar-refractivity contribution >= 4 is 0 Å². The molecule has 2 nitrogen and oxygen atoms in total. The molecule has 1 saturated heterocycles. The van der Waals surface area contributed by atoms with Gasteiger partial charge < -0.3 is 10.1 Å². The van der Waals surface area contributed by atoms with Crippen LogP contribution in [0.25, 0.3) is 0 Å². The molecule has 0 aliphatic carbocycles. The number of ether oxygens (including phenoxy) is 1. The molecule has 1 aromatic carbocycles. The molecule has 106 valence electrons. The highest BCUT2D eigenvalue weighted by Crippen LogP contribution is 2.17. The summed E-state index contributed by atoms with van der Waals surface area (Å²) < 4.78 is 5.73. The zero-order valence-corrected chi connectivity index (χ0v) is 12.3. The molecule has 1 aliphatic heterocycles. The predicted molar refractivity (Wildman–Crippen MR) is 80.4 cm³/mol. The molecule has 1 heterocycles. The number of hydrogen-bond acceptors (Lipinski definition) is 2. The molecular formula is C17H27NO. The Hall–Kier alpha value is -0.860. The Morgan fingerprint density at radius 3 is 2.84 bits per heavy atom. The normalized spacial score (nSPS) is 25.2. The summed E-state index contributed by atoms with van der Waals surface area (Å²) in [5.74, 6) is 0. The summed E-state index contributed by atoms with van der Waals surface area (Å²) in [6.07, 6.45) is 6.30. The van der Waals surface area contributed by atoms with Crippen LogP contribution < -0.4 is 5.32 Å². The fraction of sp³-hybridized carbons (Fsp3) is 0.647. The van der Waals surface area contributed by atoms with Crippen LogP contribution in [0.2, 0.25) is 0 Å². The standard InChI is InChI=1S/C17H27NO/c1-3-17-13-16(11-12-19-17)18-14(2)9-10-15-7-5-4-6-8-15/h4-8,14,16-18H,3,9-13H2,1-2H3. The average Bonchev–Trinajstić information content (AvgIpc) is 2.46. The van der Waals surface area contributed by atoms with Crippen LogP contribution in [-0.4, -0.2) is 24.8 Å². The first-order valence-electron chi connectivity index (χ1n) is 7.69. The Kier molecular flexibility index (Phi) is 5.87. The predicted octanol–water partition coefficient (Wildman–Crippen LogP) is 3.55. The van der Waals surface area contributed by atoms with Gasteiger partial charge in [0.15, 0.2) is 0 Å². The van der Waals surface area contributed by atoms with Gasteiger partial charge in [0.25, 0.3) is 0 Å². The van der Waals surface area contributed by atoms with Crippen LogP contribution in [0.1, 0.15) is 45.1 Å². The fourth-order valence-corrected chi connectivity index (χ4v) is 2.83. The van der Waals surface area contributed by atoms with Crippen LogP contribution in [0.5, 0.6) is 0 Å². The van der Waals surface area contributed by atoms with E-state index >= 15 is 0 Å². The molecule has 3 atom stereocenters. The van der Waals surface area contributed by atoms with Crippen LogP contribution in [0.4, 0.5) is 0 Å². The van der Waals surface area contributed by atoms with E-state index in [2.05, 4.69) is 49.5 Å². The SMILES string of the molecule is CCC1CC(NC(C)CCc2ccccc2)CCO1. The van der Waals surface area contributed by atoms with Gasteiger partial charge >= 0.3 is 0 Å². The van der Waals surface area contributed by atoms with E-state index in [0.29, 0.717) is 18.2 Å². The van der Waals surface area contributed by atoms with E-state index in [1.807, 2.05) is 0 Å². The minimum Gasteiger partial charge on any atom is -0.378 e. The highest BCUT2D eigenvalue weighted by molar-refractivity contribution is 5.14. The first-order valence-corrected chi connectivity index (χ1v) is 7.69. The van der Waals surface area contributed by atoms with Crippen molar-refractivity contribution in [3.05, 3.63) is 35.9 Å². The lowest BCUT2D eigenvalue weighted by Gasteiger charge is -2.31. The summed E-state index contributed by atoms with van der Waals surface area (Å²) >= 11 is 0. The van der Waals surface area contributed by atoms with Gasteiger partial charge in [-0.25, -0.2) is 0 Å². The van der Waals surface area contributed by atoms with Gasteiger partial charge in [0.2, 0.25) is 0 Å². The molecule has 2 heteroatoms. The number of aryl methyl sites for hydroxylation is 1. The third kappa shape index (κ3) is 4.96. The first-order chi connectivity index (χ1) is 9.28. The summed E-state index contributed by atoms with van der Waals surface area (Å²) in [4.78, 5) is 0. The van der Waals surface area contributed by atoms with E-state index in [1.165, 1.54) is 18.4 Å². The maximum Gasteiger partial charge on any atom is 0.0587 e. The summed E-state index contributed by atoms with van der Waals surface area (Å²) in [6.45, 7) is 5.44. The third-order valence-corrected chi connectivity index (χ3v) is 4.05. The maximum absolute atomic E-state index is 5.73. The molecule has 19 heavy (non-hydrogen) atoms. The molecule has 1 aliphatic rings. The second-order valence-electron chi connectivity index (χ2n) is 5.71. The lowest BCUT2D eigenvalue weighted by molar-refractivity contribution is -0.00173. The monoisotopic (exact) mass is 261 g/mol. The maximum atomic E-state index is 5.73. The Labute approximate surface area is 117 Å². The molecule has 0 amide bonds. The van der Waals surface area contributed by atoms with Gasteiger partial charge in [0, 0.05) is 18.7 Å². The highest BCUT2D eigenvalue weighted by atomic mass is 16.5. The van der Waals surface area contributed by atoms with Crippen molar-refractivity contribution in [2.75, 3.05) is 6.61 Å². The first kappa shape index (κ1) is 14.5. The second-order valence-corrected chi connectivity index (χ2v) is 5.71. The smallest absolute Gasteiger partial charge is 0.0587 e. The second kappa shape index (κ2) is 7.66. The van der Waals surface area contributed by atoms with Crippen LogP contribution in [0, 0.1) is 0 Å². The van der Waals surface area contributed by atoms with Crippen LogP contribution in [0.15, 0.2) is 30.3 Å². The van der Waals surface area contributed by atoms with Gasteiger partial charge in [0.1, 0.15) is 0 Å². The van der Waals surface area contributed by atoms with Crippen molar-refractivity contribution in [1.29, 1.82) is 0 Å². The van der Waals surface area contributed by atoms with Crippen LogP contribution >= 0.6 is 0 Å². The molecule has 0 aromatic heterocycles. The van der Waals surface area contributed by atoms with Crippen LogP contribution in [-0.2, 0) is 11.2 Å².